The molecular weight excluding hydrogens is 276 g/mol. The number of halogens is 1. The molecule has 0 saturated heterocycles. The molecule has 0 amide bonds. The summed E-state index contributed by atoms with van der Waals surface area (Å²) in [4.78, 5) is 7.89. The third kappa shape index (κ3) is 2.94. The summed E-state index contributed by atoms with van der Waals surface area (Å²) in [7, 11) is 0. The van der Waals surface area contributed by atoms with E-state index in [0.29, 0.717) is 0 Å². The summed E-state index contributed by atoms with van der Waals surface area (Å²) < 4.78 is 0. The Morgan fingerprint density at radius 3 is 2.63 bits per heavy atom. The fraction of sp³-hybridized carbons (Fsp3) is 0.133. The molecule has 3 rings (SSSR count). The van der Waals surface area contributed by atoms with E-state index in [2.05, 4.69) is 16.0 Å². The van der Waals surface area contributed by atoms with Crippen LogP contribution in [0.4, 0.5) is 0 Å². The highest BCUT2D eigenvalue weighted by Crippen LogP contribution is 2.23. The second-order valence-electron chi connectivity index (χ2n) is 4.28. The van der Waals surface area contributed by atoms with Crippen molar-refractivity contribution in [3.8, 4) is 0 Å². The van der Waals surface area contributed by atoms with Crippen molar-refractivity contribution in [2.24, 2.45) is 0 Å². The fourth-order valence-electron chi connectivity index (χ4n) is 1.95. The van der Waals surface area contributed by atoms with E-state index in [9.17, 15) is 0 Å². The van der Waals surface area contributed by atoms with Gasteiger partial charge in [-0.05, 0) is 23.8 Å². The third-order valence-electron chi connectivity index (χ3n) is 2.89. The summed E-state index contributed by atoms with van der Waals surface area (Å²) in [6, 6.07) is 16.1. The van der Waals surface area contributed by atoms with Crippen LogP contribution in [0.2, 0.25) is 5.02 Å². The van der Waals surface area contributed by atoms with Crippen LogP contribution < -0.4 is 0 Å². The Bertz CT molecular complexity index is 660. The molecule has 0 bridgehead atoms. The predicted octanol–water partition coefficient (Wildman–Crippen LogP) is 4.65. The minimum Gasteiger partial charge on any atom is -0.341 e. The van der Waals surface area contributed by atoms with Crippen LogP contribution >= 0.6 is 23.4 Å². The third-order valence-corrected chi connectivity index (χ3v) is 4.25. The van der Waals surface area contributed by atoms with E-state index in [0.717, 1.165) is 33.4 Å². The number of hydrogen-bond donors (Lipinski definition) is 1. The molecule has 0 fully saturated rings. The lowest BCUT2D eigenvalue weighted by Crippen LogP contribution is -1.86. The zero-order valence-corrected chi connectivity index (χ0v) is 11.8. The second-order valence-corrected chi connectivity index (χ2v) is 5.68. The van der Waals surface area contributed by atoms with Crippen LogP contribution in [0.5, 0.6) is 0 Å². The van der Waals surface area contributed by atoms with Crippen LogP contribution in [0, 0.1) is 0 Å². The van der Waals surface area contributed by atoms with Crippen molar-refractivity contribution in [2.45, 2.75) is 11.5 Å². The standard InChI is InChI=1S/C15H13ClN2S/c16-12-6-2-1-5-11(12)9-19-10-15-17-13-7-3-4-8-14(13)18-15/h1-8H,9-10H2,(H,17,18). The first-order chi connectivity index (χ1) is 9.33. The maximum atomic E-state index is 6.13. The van der Waals surface area contributed by atoms with Crippen LogP contribution in [-0.4, -0.2) is 9.97 Å². The van der Waals surface area contributed by atoms with E-state index in [1.807, 2.05) is 54.2 Å². The van der Waals surface area contributed by atoms with Crippen molar-refractivity contribution in [3.63, 3.8) is 0 Å². The molecule has 96 valence electrons. The highest BCUT2D eigenvalue weighted by atomic mass is 35.5. The molecule has 19 heavy (non-hydrogen) atoms. The van der Waals surface area contributed by atoms with E-state index in [-0.39, 0.29) is 0 Å². The number of imidazole rings is 1. The Balaban J connectivity index is 1.65. The molecule has 0 aliphatic heterocycles. The predicted molar refractivity (Wildman–Crippen MR) is 82.5 cm³/mol. The largest absolute Gasteiger partial charge is 0.341 e. The lowest BCUT2D eigenvalue weighted by atomic mass is 10.2. The van der Waals surface area contributed by atoms with Gasteiger partial charge in [0.05, 0.1) is 16.8 Å². The second kappa shape index (κ2) is 5.68. The molecule has 4 heteroatoms. The van der Waals surface area contributed by atoms with Gasteiger partial charge >= 0.3 is 0 Å². The molecule has 0 radical (unpaired) electrons. The highest BCUT2D eigenvalue weighted by molar-refractivity contribution is 7.97. The number of fused-ring (bicyclic) bond motifs is 1. The molecule has 1 aromatic heterocycles. The maximum Gasteiger partial charge on any atom is 0.117 e. The van der Waals surface area contributed by atoms with E-state index >= 15 is 0 Å². The Morgan fingerprint density at radius 2 is 1.79 bits per heavy atom. The van der Waals surface area contributed by atoms with Crippen LogP contribution in [0.3, 0.4) is 0 Å². The van der Waals surface area contributed by atoms with Gasteiger partial charge in [0.25, 0.3) is 0 Å². The van der Waals surface area contributed by atoms with Gasteiger partial charge < -0.3 is 4.98 Å². The zero-order chi connectivity index (χ0) is 13.1. The summed E-state index contributed by atoms with van der Waals surface area (Å²) in [5.41, 5.74) is 3.29. The van der Waals surface area contributed by atoms with Gasteiger partial charge in [0.15, 0.2) is 0 Å². The number of para-hydroxylation sites is 2. The Morgan fingerprint density at radius 1 is 1.00 bits per heavy atom. The number of benzene rings is 2. The van der Waals surface area contributed by atoms with Crippen LogP contribution in [0.25, 0.3) is 11.0 Å². The molecule has 2 nitrogen and oxygen atoms in total. The van der Waals surface area contributed by atoms with Gasteiger partial charge in [-0.2, -0.15) is 0 Å². The number of hydrogen-bond acceptors (Lipinski definition) is 2. The number of nitrogens with zero attached hydrogens (tertiary/aromatic N) is 1. The minimum absolute atomic E-state index is 0.833. The molecule has 1 heterocycles. The first-order valence-corrected chi connectivity index (χ1v) is 7.61. The van der Waals surface area contributed by atoms with Gasteiger partial charge in [0, 0.05) is 10.8 Å². The molecule has 0 spiro atoms. The molecule has 0 aliphatic carbocycles. The average molecular weight is 289 g/mol. The van der Waals surface area contributed by atoms with Gasteiger partial charge in [0.2, 0.25) is 0 Å². The zero-order valence-electron chi connectivity index (χ0n) is 10.3. The summed E-state index contributed by atoms with van der Waals surface area (Å²) in [6.07, 6.45) is 0. The van der Waals surface area contributed by atoms with Gasteiger partial charge in [-0.15, -0.1) is 11.8 Å². The van der Waals surface area contributed by atoms with Gasteiger partial charge in [-0.25, -0.2) is 4.98 Å². The van der Waals surface area contributed by atoms with Crippen molar-refractivity contribution in [3.05, 3.63) is 64.9 Å². The number of aromatic amines is 1. The van der Waals surface area contributed by atoms with Crippen LogP contribution in [-0.2, 0) is 11.5 Å². The lowest BCUT2D eigenvalue weighted by Gasteiger charge is -2.02. The summed E-state index contributed by atoms with van der Waals surface area (Å²) >= 11 is 7.94. The monoisotopic (exact) mass is 288 g/mol. The smallest absolute Gasteiger partial charge is 0.117 e. The SMILES string of the molecule is Clc1ccccc1CSCc1nc2ccccc2[nH]1. The van der Waals surface area contributed by atoms with Crippen LogP contribution in [0.15, 0.2) is 48.5 Å². The highest BCUT2D eigenvalue weighted by Gasteiger charge is 2.03. The first-order valence-electron chi connectivity index (χ1n) is 6.08. The molecule has 0 unspecified atom stereocenters. The molecular formula is C15H13ClN2S. The van der Waals surface area contributed by atoms with Crippen molar-refractivity contribution in [1.29, 1.82) is 0 Å². The normalized spacial score (nSPS) is 11.0. The van der Waals surface area contributed by atoms with Gasteiger partial charge in [0.1, 0.15) is 5.82 Å². The fourth-order valence-corrected chi connectivity index (χ4v) is 3.13. The quantitative estimate of drug-likeness (QED) is 0.757. The van der Waals surface area contributed by atoms with Crippen molar-refractivity contribution in [2.75, 3.05) is 0 Å². The summed E-state index contributed by atoms with van der Waals surface area (Å²) in [6.45, 7) is 0. The number of H-pyrrole nitrogens is 1. The Kier molecular flexibility index (Phi) is 3.76. The first kappa shape index (κ1) is 12.6. The number of rotatable bonds is 4. The summed E-state index contributed by atoms with van der Waals surface area (Å²) in [5, 5.41) is 0.833. The van der Waals surface area contributed by atoms with Gasteiger partial charge in [-0.3, -0.25) is 0 Å². The molecule has 0 atom stereocenters. The minimum atomic E-state index is 0.833. The van der Waals surface area contributed by atoms with E-state index < -0.39 is 0 Å². The topological polar surface area (TPSA) is 28.7 Å². The summed E-state index contributed by atoms with van der Waals surface area (Å²) in [5.74, 6) is 2.77. The molecule has 3 aromatic rings. The maximum absolute atomic E-state index is 6.13. The molecule has 0 aliphatic rings. The van der Waals surface area contributed by atoms with E-state index in [1.54, 1.807) is 0 Å². The Hall–Kier alpha value is -1.45. The molecule has 0 saturated carbocycles. The number of aromatic nitrogens is 2. The van der Waals surface area contributed by atoms with Crippen LogP contribution in [0.1, 0.15) is 11.4 Å². The van der Waals surface area contributed by atoms with E-state index in [4.69, 9.17) is 11.6 Å². The van der Waals surface area contributed by atoms with Gasteiger partial charge in [-0.1, -0.05) is 41.9 Å². The number of nitrogens with one attached hydrogen (secondary N) is 1. The molecule has 2 aromatic carbocycles. The van der Waals surface area contributed by atoms with E-state index in [1.165, 1.54) is 5.56 Å². The average Bonchev–Trinajstić information content (AvgIpc) is 2.83. The molecule has 1 N–H and O–H groups in total. The van der Waals surface area contributed by atoms with Crippen molar-refractivity contribution in [1.82, 2.24) is 9.97 Å². The number of thioether (sulfide) groups is 1. The van der Waals surface area contributed by atoms with Crippen molar-refractivity contribution >= 4 is 34.4 Å². The lowest BCUT2D eigenvalue weighted by molar-refractivity contribution is 1.14. The van der Waals surface area contributed by atoms with Crippen molar-refractivity contribution < 1.29 is 0 Å². The Labute approximate surface area is 121 Å².